The smallest absolute Gasteiger partial charge is 0.265 e. The van der Waals surface area contributed by atoms with Gasteiger partial charge in [0, 0.05) is 23.2 Å². The fraction of sp³-hybridized carbons (Fsp3) is 0.211. The number of nitrogens with one attached hydrogen (secondary N) is 1. The van der Waals surface area contributed by atoms with Crippen molar-refractivity contribution >= 4 is 50.3 Å². The lowest BCUT2D eigenvalue weighted by Gasteiger charge is -2.31. The summed E-state index contributed by atoms with van der Waals surface area (Å²) in [6, 6.07) is 11.8. The fourth-order valence-corrected chi connectivity index (χ4v) is 4.31. The van der Waals surface area contributed by atoms with Gasteiger partial charge in [0.05, 0.1) is 34.5 Å². The molecule has 3 aromatic rings. The van der Waals surface area contributed by atoms with E-state index in [0.717, 1.165) is 10.4 Å². The van der Waals surface area contributed by atoms with E-state index in [1.54, 1.807) is 30.3 Å². The van der Waals surface area contributed by atoms with Crippen molar-refractivity contribution in [2.24, 2.45) is 0 Å². The third kappa shape index (κ3) is 3.28. The third-order valence-electron chi connectivity index (χ3n) is 4.29. The van der Waals surface area contributed by atoms with Crippen LogP contribution in [0.25, 0.3) is 10.1 Å². The van der Waals surface area contributed by atoms with Gasteiger partial charge in [-0.2, -0.15) is 0 Å². The Balaban J connectivity index is 1.64. The summed E-state index contributed by atoms with van der Waals surface area (Å²) in [6.45, 7) is 2.66. The zero-order chi connectivity index (χ0) is 18.1. The lowest BCUT2D eigenvalue weighted by atomic mass is 10.2. The van der Waals surface area contributed by atoms with Gasteiger partial charge in [0.15, 0.2) is 0 Å². The molecule has 1 N–H and O–H groups in total. The van der Waals surface area contributed by atoms with E-state index in [9.17, 15) is 9.18 Å². The number of nitrogens with zero attached hydrogens (tertiary/aromatic N) is 1. The minimum Gasteiger partial charge on any atom is -0.378 e. The Morgan fingerprint density at radius 3 is 2.73 bits per heavy atom. The SMILES string of the molecule is O=C(Nc1cccc(Cl)c1N1CCOCC1)c1cc2c(F)cccc2s1. The zero-order valence-electron chi connectivity index (χ0n) is 13.8. The summed E-state index contributed by atoms with van der Waals surface area (Å²) < 4.78 is 20.0. The molecule has 26 heavy (non-hydrogen) atoms. The number of carbonyl (C=O) groups is 1. The molecule has 1 fully saturated rings. The molecule has 2 aromatic carbocycles. The molecule has 7 heteroatoms. The standard InChI is InChI=1S/C19H16ClFN2O2S/c20-13-3-1-5-15(18(13)23-7-9-25-10-8-23)22-19(24)17-11-12-14(21)4-2-6-16(12)26-17/h1-6,11H,7-10H2,(H,22,24). The Bertz CT molecular complexity index is 969. The molecule has 0 saturated carbocycles. The Kier molecular flexibility index (Phi) is 4.80. The van der Waals surface area contributed by atoms with Crippen molar-refractivity contribution in [2.45, 2.75) is 0 Å². The lowest BCUT2D eigenvalue weighted by Crippen LogP contribution is -2.37. The Hall–Kier alpha value is -2.15. The van der Waals surface area contributed by atoms with Gasteiger partial charge in [0.25, 0.3) is 5.91 Å². The van der Waals surface area contributed by atoms with Crippen molar-refractivity contribution in [1.82, 2.24) is 0 Å². The summed E-state index contributed by atoms with van der Waals surface area (Å²) in [7, 11) is 0. The number of rotatable bonds is 3. The average molecular weight is 391 g/mol. The highest BCUT2D eigenvalue weighted by molar-refractivity contribution is 7.20. The third-order valence-corrected chi connectivity index (χ3v) is 5.70. The molecule has 0 spiro atoms. The average Bonchev–Trinajstić information content (AvgIpc) is 3.08. The van der Waals surface area contributed by atoms with E-state index in [2.05, 4.69) is 10.2 Å². The van der Waals surface area contributed by atoms with Crippen LogP contribution in [0.15, 0.2) is 42.5 Å². The van der Waals surface area contributed by atoms with Crippen LogP contribution in [0.3, 0.4) is 0 Å². The Labute approximate surface area is 159 Å². The van der Waals surface area contributed by atoms with Gasteiger partial charge in [-0.25, -0.2) is 4.39 Å². The maximum Gasteiger partial charge on any atom is 0.265 e. The monoisotopic (exact) mass is 390 g/mol. The van der Waals surface area contributed by atoms with Gasteiger partial charge in [-0.3, -0.25) is 4.79 Å². The number of para-hydroxylation sites is 1. The molecule has 1 aromatic heterocycles. The maximum absolute atomic E-state index is 13.9. The number of hydrogen-bond donors (Lipinski definition) is 1. The van der Waals surface area contributed by atoms with Crippen molar-refractivity contribution in [2.75, 3.05) is 36.5 Å². The van der Waals surface area contributed by atoms with Crippen molar-refractivity contribution in [3.8, 4) is 0 Å². The van der Waals surface area contributed by atoms with Gasteiger partial charge in [-0.05, 0) is 30.3 Å². The highest BCUT2D eigenvalue weighted by Crippen LogP contribution is 2.35. The van der Waals surface area contributed by atoms with Crippen LogP contribution in [-0.2, 0) is 4.74 Å². The Morgan fingerprint density at radius 2 is 1.96 bits per heavy atom. The van der Waals surface area contributed by atoms with Crippen LogP contribution in [0.1, 0.15) is 9.67 Å². The lowest BCUT2D eigenvalue weighted by molar-refractivity contribution is 0.103. The molecule has 1 saturated heterocycles. The molecule has 0 radical (unpaired) electrons. The molecular weight excluding hydrogens is 375 g/mol. The molecule has 1 aliphatic heterocycles. The van der Waals surface area contributed by atoms with Crippen LogP contribution in [0.2, 0.25) is 5.02 Å². The van der Waals surface area contributed by atoms with Gasteiger partial charge < -0.3 is 15.0 Å². The summed E-state index contributed by atoms with van der Waals surface area (Å²) in [5, 5.41) is 3.96. The highest BCUT2D eigenvalue weighted by atomic mass is 35.5. The van der Waals surface area contributed by atoms with E-state index >= 15 is 0 Å². The number of anilines is 2. The molecule has 0 atom stereocenters. The van der Waals surface area contributed by atoms with E-state index in [1.165, 1.54) is 17.4 Å². The van der Waals surface area contributed by atoms with E-state index in [4.69, 9.17) is 16.3 Å². The van der Waals surface area contributed by atoms with Gasteiger partial charge in [-0.1, -0.05) is 23.7 Å². The molecule has 1 aliphatic rings. The highest BCUT2D eigenvalue weighted by Gasteiger charge is 2.20. The number of hydrogen-bond acceptors (Lipinski definition) is 4. The van der Waals surface area contributed by atoms with Gasteiger partial charge in [0.2, 0.25) is 0 Å². The molecule has 2 heterocycles. The minimum atomic E-state index is -0.324. The first-order chi connectivity index (χ1) is 12.6. The van der Waals surface area contributed by atoms with E-state index in [0.29, 0.717) is 47.3 Å². The molecule has 0 bridgehead atoms. The van der Waals surface area contributed by atoms with Crippen molar-refractivity contribution < 1.29 is 13.9 Å². The van der Waals surface area contributed by atoms with Crippen LogP contribution in [0.4, 0.5) is 15.8 Å². The molecule has 0 unspecified atom stereocenters. The van der Waals surface area contributed by atoms with Gasteiger partial charge in [0.1, 0.15) is 5.82 Å². The number of thiophene rings is 1. The molecule has 134 valence electrons. The van der Waals surface area contributed by atoms with E-state index < -0.39 is 0 Å². The van der Waals surface area contributed by atoms with E-state index in [1.807, 2.05) is 6.07 Å². The number of halogens is 2. The Morgan fingerprint density at radius 1 is 1.19 bits per heavy atom. The zero-order valence-corrected chi connectivity index (χ0v) is 15.4. The second-order valence-electron chi connectivity index (χ2n) is 5.95. The van der Waals surface area contributed by atoms with Gasteiger partial charge in [-0.15, -0.1) is 11.3 Å². The molecule has 1 amide bonds. The maximum atomic E-state index is 13.9. The normalized spacial score (nSPS) is 14.6. The summed E-state index contributed by atoms with van der Waals surface area (Å²) in [5.41, 5.74) is 1.43. The first-order valence-electron chi connectivity index (χ1n) is 8.24. The summed E-state index contributed by atoms with van der Waals surface area (Å²) in [5.74, 6) is -0.600. The summed E-state index contributed by atoms with van der Waals surface area (Å²) in [4.78, 5) is 15.3. The second-order valence-corrected chi connectivity index (χ2v) is 7.44. The number of fused-ring (bicyclic) bond motifs is 1. The van der Waals surface area contributed by atoms with Crippen LogP contribution < -0.4 is 10.2 Å². The van der Waals surface area contributed by atoms with E-state index in [-0.39, 0.29) is 11.7 Å². The van der Waals surface area contributed by atoms with Crippen molar-refractivity contribution in [3.63, 3.8) is 0 Å². The first-order valence-corrected chi connectivity index (χ1v) is 9.43. The summed E-state index contributed by atoms with van der Waals surface area (Å²) >= 11 is 7.66. The molecular formula is C19H16ClFN2O2S. The van der Waals surface area contributed by atoms with Crippen LogP contribution in [0, 0.1) is 5.82 Å². The van der Waals surface area contributed by atoms with Crippen molar-refractivity contribution in [3.05, 3.63) is 58.2 Å². The van der Waals surface area contributed by atoms with Crippen LogP contribution in [-0.4, -0.2) is 32.2 Å². The van der Waals surface area contributed by atoms with Crippen LogP contribution >= 0.6 is 22.9 Å². The molecule has 4 nitrogen and oxygen atoms in total. The van der Waals surface area contributed by atoms with Crippen LogP contribution in [0.5, 0.6) is 0 Å². The number of morpholine rings is 1. The minimum absolute atomic E-state index is 0.276. The van der Waals surface area contributed by atoms with Gasteiger partial charge >= 0.3 is 0 Å². The number of benzene rings is 2. The predicted octanol–water partition coefficient (Wildman–Crippen LogP) is 4.78. The predicted molar refractivity (Wildman–Crippen MR) is 104 cm³/mol. The topological polar surface area (TPSA) is 41.6 Å². The quantitative estimate of drug-likeness (QED) is 0.699. The van der Waals surface area contributed by atoms with Crippen molar-refractivity contribution in [1.29, 1.82) is 0 Å². The largest absolute Gasteiger partial charge is 0.378 e. The fourth-order valence-electron chi connectivity index (χ4n) is 3.05. The molecule has 4 rings (SSSR count). The summed E-state index contributed by atoms with van der Waals surface area (Å²) in [6.07, 6.45) is 0. The number of ether oxygens (including phenoxy) is 1. The first kappa shape index (κ1) is 17.3. The number of carbonyl (C=O) groups excluding carboxylic acids is 1. The molecule has 0 aliphatic carbocycles. The number of amides is 1. The second kappa shape index (κ2) is 7.23.